The number of piperidine rings is 1. The monoisotopic (exact) mass is 385 g/mol. The van der Waals surface area contributed by atoms with Gasteiger partial charge in [-0.1, -0.05) is 6.92 Å². The van der Waals surface area contributed by atoms with Gasteiger partial charge in [0.25, 0.3) is 5.91 Å². The van der Waals surface area contributed by atoms with Crippen molar-refractivity contribution in [2.75, 3.05) is 19.6 Å². The maximum Gasteiger partial charge on any atom is 0.255 e. The highest BCUT2D eigenvalue weighted by atomic mass is 19.1. The zero-order chi connectivity index (χ0) is 20.3. The molecule has 1 fully saturated rings. The van der Waals surface area contributed by atoms with Crippen LogP contribution in [0.4, 0.5) is 4.39 Å². The summed E-state index contributed by atoms with van der Waals surface area (Å²) in [4.78, 5) is 27.3. The number of aromatic nitrogens is 1. The van der Waals surface area contributed by atoms with Gasteiger partial charge >= 0.3 is 0 Å². The topological polar surface area (TPSA) is 54.3 Å². The van der Waals surface area contributed by atoms with Gasteiger partial charge in [0, 0.05) is 36.7 Å². The quantitative estimate of drug-likeness (QED) is 0.855. The Hall–Kier alpha value is -2.63. The summed E-state index contributed by atoms with van der Waals surface area (Å²) in [6, 6.07) is 8.12. The third-order valence-corrected chi connectivity index (χ3v) is 5.37. The van der Waals surface area contributed by atoms with E-state index in [-0.39, 0.29) is 23.5 Å². The molecule has 1 aromatic heterocycles. The zero-order valence-corrected chi connectivity index (χ0v) is 16.8. The lowest BCUT2D eigenvalue weighted by Gasteiger charge is -2.32. The van der Waals surface area contributed by atoms with E-state index in [9.17, 15) is 14.0 Å². The maximum atomic E-state index is 13.3. The number of rotatable bonds is 5. The van der Waals surface area contributed by atoms with Crippen LogP contribution in [0.3, 0.4) is 0 Å². The Labute approximate surface area is 165 Å². The fraction of sp³-hybridized carbons (Fsp3) is 0.455. The second-order valence-electron chi connectivity index (χ2n) is 7.48. The first-order chi connectivity index (χ1) is 13.4. The average Bonchev–Trinajstić information content (AvgIpc) is 3.00. The molecule has 6 heteroatoms. The molecule has 1 aliphatic heterocycles. The first kappa shape index (κ1) is 20.1. The molecule has 150 valence electrons. The molecule has 1 saturated heterocycles. The number of benzene rings is 1. The molecule has 2 amide bonds. The van der Waals surface area contributed by atoms with E-state index in [1.165, 1.54) is 12.1 Å². The number of nitrogens with zero attached hydrogens (tertiary/aromatic N) is 2. The van der Waals surface area contributed by atoms with Gasteiger partial charge in [-0.15, -0.1) is 0 Å². The van der Waals surface area contributed by atoms with Gasteiger partial charge < -0.3 is 14.8 Å². The van der Waals surface area contributed by atoms with Crippen molar-refractivity contribution in [1.82, 2.24) is 14.8 Å². The van der Waals surface area contributed by atoms with E-state index < -0.39 is 0 Å². The van der Waals surface area contributed by atoms with Crippen LogP contribution in [-0.4, -0.2) is 40.9 Å². The van der Waals surface area contributed by atoms with Crippen LogP contribution in [-0.2, 0) is 4.79 Å². The number of carbonyl (C=O) groups excluding carboxylic acids is 2. The van der Waals surface area contributed by atoms with Crippen molar-refractivity contribution >= 4 is 11.8 Å². The number of carbonyl (C=O) groups is 2. The van der Waals surface area contributed by atoms with Gasteiger partial charge in [0.15, 0.2) is 0 Å². The molecule has 5 nitrogen and oxygen atoms in total. The highest BCUT2D eigenvalue weighted by Gasteiger charge is 2.30. The van der Waals surface area contributed by atoms with Gasteiger partial charge in [0.2, 0.25) is 5.91 Å². The Morgan fingerprint density at radius 3 is 2.61 bits per heavy atom. The number of likely N-dealkylation sites (tertiary alicyclic amines) is 1. The van der Waals surface area contributed by atoms with E-state index >= 15 is 0 Å². The van der Waals surface area contributed by atoms with Crippen molar-refractivity contribution < 1.29 is 14.0 Å². The molecule has 0 spiro atoms. The third kappa shape index (κ3) is 4.11. The Kier molecular flexibility index (Phi) is 6.17. The Morgan fingerprint density at radius 2 is 1.93 bits per heavy atom. The number of nitrogens with one attached hydrogen (secondary N) is 1. The fourth-order valence-corrected chi connectivity index (χ4v) is 3.91. The second-order valence-corrected chi connectivity index (χ2v) is 7.48. The summed E-state index contributed by atoms with van der Waals surface area (Å²) in [6.07, 6.45) is 2.54. The fourth-order valence-electron chi connectivity index (χ4n) is 3.91. The van der Waals surface area contributed by atoms with Crippen molar-refractivity contribution in [1.29, 1.82) is 0 Å². The number of hydrogen-bond donors (Lipinski definition) is 1. The molecule has 0 aliphatic carbocycles. The first-order valence-electron chi connectivity index (χ1n) is 9.94. The Morgan fingerprint density at radius 1 is 1.21 bits per heavy atom. The van der Waals surface area contributed by atoms with Gasteiger partial charge in [-0.05, 0) is 63.4 Å². The molecule has 1 aliphatic rings. The SMILES string of the molecule is CCCNC(=O)C1CCCN(C(=O)c2cc(C)n(-c3ccc(F)cc3)c2C)C1. The van der Waals surface area contributed by atoms with Crippen molar-refractivity contribution in [3.63, 3.8) is 0 Å². The minimum Gasteiger partial charge on any atom is -0.356 e. The average molecular weight is 385 g/mol. The van der Waals surface area contributed by atoms with Crippen LogP contribution in [0.1, 0.15) is 47.9 Å². The molecule has 3 rings (SSSR count). The van der Waals surface area contributed by atoms with Crippen molar-refractivity contribution in [3.05, 3.63) is 53.1 Å². The van der Waals surface area contributed by atoms with Crippen LogP contribution in [0, 0.1) is 25.6 Å². The minimum absolute atomic E-state index is 0.0381. The van der Waals surface area contributed by atoms with Gasteiger partial charge in [-0.3, -0.25) is 9.59 Å². The predicted molar refractivity (Wildman–Crippen MR) is 107 cm³/mol. The molecule has 1 aromatic carbocycles. The molecule has 0 radical (unpaired) electrons. The molecule has 1 unspecified atom stereocenters. The smallest absolute Gasteiger partial charge is 0.255 e. The lowest BCUT2D eigenvalue weighted by atomic mass is 9.96. The van der Waals surface area contributed by atoms with Gasteiger partial charge in [-0.25, -0.2) is 4.39 Å². The molecule has 1 N–H and O–H groups in total. The standard InChI is InChI=1S/C22H28FN3O2/c1-4-11-24-21(27)17-6-5-12-25(14-17)22(28)20-13-15(2)26(16(20)3)19-9-7-18(23)8-10-19/h7-10,13,17H,4-6,11-12,14H2,1-3H3,(H,24,27). The van der Waals surface area contributed by atoms with E-state index in [0.717, 1.165) is 36.3 Å². The summed E-state index contributed by atoms with van der Waals surface area (Å²) >= 11 is 0. The zero-order valence-electron chi connectivity index (χ0n) is 16.8. The minimum atomic E-state index is -0.289. The van der Waals surface area contributed by atoms with E-state index in [1.54, 1.807) is 17.0 Å². The van der Waals surface area contributed by atoms with Crippen LogP contribution >= 0.6 is 0 Å². The van der Waals surface area contributed by atoms with Crippen molar-refractivity contribution in [3.8, 4) is 5.69 Å². The first-order valence-corrected chi connectivity index (χ1v) is 9.94. The van der Waals surface area contributed by atoms with Crippen LogP contribution in [0.5, 0.6) is 0 Å². The summed E-state index contributed by atoms with van der Waals surface area (Å²) in [6.45, 7) is 7.64. The largest absolute Gasteiger partial charge is 0.356 e. The van der Waals surface area contributed by atoms with Crippen LogP contribution in [0.2, 0.25) is 0 Å². The molecule has 0 bridgehead atoms. The highest BCUT2D eigenvalue weighted by Crippen LogP contribution is 2.25. The van der Waals surface area contributed by atoms with E-state index in [0.29, 0.717) is 25.2 Å². The summed E-state index contributed by atoms with van der Waals surface area (Å²) in [7, 11) is 0. The Bertz CT molecular complexity index is 857. The summed E-state index contributed by atoms with van der Waals surface area (Å²) in [5, 5.41) is 2.94. The molecular weight excluding hydrogens is 357 g/mol. The van der Waals surface area contributed by atoms with Gasteiger partial charge in [0.05, 0.1) is 11.5 Å². The van der Waals surface area contributed by atoms with Gasteiger partial charge in [-0.2, -0.15) is 0 Å². The lowest BCUT2D eigenvalue weighted by Crippen LogP contribution is -2.45. The normalized spacial score (nSPS) is 16.9. The molecule has 1 atom stereocenters. The number of amides is 2. The molecule has 0 saturated carbocycles. The molecule has 2 aromatic rings. The second kappa shape index (κ2) is 8.59. The summed E-state index contributed by atoms with van der Waals surface area (Å²) in [5.74, 6) is -0.446. The van der Waals surface area contributed by atoms with E-state index in [1.807, 2.05) is 31.4 Å². The van der Waals surface area contributed by atoms with Crippen LogP contribution < -0.4 is 5.32 Å². The third-order valence-electron chi connectivity index (χ3n) is 5.37. The number of halogens is 1. The number of aryl methyl sites for hydroxylation is 1. The summed E-state index contributed by atoms with van der Waals surface area (Å²) < 4.78 is 15.2. The molecule has 28 heavy (non-hydrogen) atoms. The Balaban J connectivity index is 1.80. The maximum absolute atomic E-state index is 13.3. The molecular formula is C22H28FN3O2. The highest BCUT2D eigenvalue weighted by molar-refractivity contribution is 5.96. The number of hydrogen-bond acceptors (Lipinski definition) is 2. The van der Waals surface area contributed by atoms with Crippen LogP contribution in [0.25, 0.3) is 5.69 Å². The van der Waals surface area contributed by atoms with Crippen molar-refractivity contribution in [2.45, 2.75) is 40.0 Å². The van der Waals surface area contributed by atoms with Gasteiger partial charge in [0.1, 0.15) is 5.82 Å². The predicted octanol–water partition coefficient (Wildman–Crippen LogP) is 3.61. The van der Waals surface area contributed by atoms with E-state index in [2.05, 4.69) is 5.32 Å². The lowest BCUT2D eigenvalue weighted by molar-refractivity contribution is -0.126. The molecule has 2 heterocycles. The summed E-state index contributed by atoms with van der Waals surface area (Å²) in [5.41, 5.74) is 3.20. The van der Waals surface area contributed by atoms with Crippen LogP contribution in [0.15, 0.2) is 30.3 Å². The van der Waals surface area contributed by atoms with Crippen molar-refractivity contribution in [2.24, 2.45) is 5.92 Å². The van der Waals surface area contributed by atoms with E-state index in [4.69, 9.17) is 0 Å².